The molecular formula is C10H16Cl2N4. The number of halogens is 2. The molecule has 90 valence electrons. The lowest BCUT2D eigenvalue weighted by Gasteiger charge is -2.23. The molecule has 1 aliphatic heterocycles. The number of aromatic nitrogens is 2. The van der Waals surface area contributed by atoms with Crippen molar-refractivity contribution in [2.45, 2.75) is 25.8 Å². The zero-order valence-corrected chi connectivity index (χ0v) is 10.7. The van der Waals surface area contributed by atoms with Crippen LogP contribution < -0.4 is 10.6 Å². The number of hydrogen-bond acceptors (Lipinski definition) is 4. The van der Waals surface area contributed by atoms with Gasteiger partial charge in [0.1, 0.15) is 5.15 Å². The molecule has 16 heavy (non-hydrogen) atoms. The van der Waals surface area contributed by atoms with Gasteiger partial charge in [0.25, 0.3) is 0 Å². The maximum Gasteiger partial charge on any atom is 0.224 e. The summed E-state index contributed by atoms with van der Waals surface area (Å²) in [5.41, 5.74) is 0.890. The molecule has 1 fully saturated rings. The molecule has 1 atom stereocenters. The van der Waals surface area contributed by atoms with Gasteiger partial charge in [-0.2, -0.15) is 0 Å². The third-order valence-corrected chi connectivity index (χ3v) is 2.65. The van der Waals surface area contributed by atoms with Crippen molar-refractivity contribution in [1.82, 2.24) is 15.3 Å². The molecule has 1 saturated heterocycles. The smallest absolute Gasteiger partial charge is 0.224 e. The lowest BCUT2D eigenvalue weighted by Crippen LogP contribution is -2.38. The normalized spacial score (nSPS) is 20.0. The highest BCUT2D eigenvalue weighted by atomic mass is 35.5. The summed E-state index contributed by atoms with van der Waals surface area (Å²) in [6.07, 6.45) is 2.35. The van der Waals surface area contributed by atoms with E-state index >= 15 is 0 Å². The molecule has 2 rings (SSSR count). The molecule has 1 aliphatic rings. The number of rotatable bonds is 2. The number of aryl methyl sites for hydroxylation is 1. The number of nitrogens with zero attached hydrogens (tertiary/aromatic N) is 2. The number of anilines is 1. The van der Waals surface area contributed by atoms with E-state index in [9.17, 15) is 0 Å². The Labute approximate surface area is 107 Å². The van der Waals surface area contributed by atoms with Gasteiger partial charge in [0, 0.05) is 18.3 Å². The topological polar surface area (TPSA) is 49.8 Å². The maximum atomic E-state index is 5.86. The number of nitrogens with one attached hydrogen (secondary N) is 2. The summed E-state index contributed by atoms with van der Waals surface area (Å²) in [4.78, 5) is 8.44. The molecule has 0 aliphatic carbocycles. The third-order valence-electron chi connectivity index (χ3n) is 2.45. The standard InChI is InChI=1S/C10H15ClN4.ClH/c1-7-5-9(11)15-10(13-7)14-8-3-2-4-12-6-8;/h5,8,12H,2-4,6H2,1H3,(H,13,14,15);1H/t8-;/m0./s1. The van der Waals surface area contributed by atoms with E-state index in [2.05, 4.69) is 20.6 Å². The first-order valence-electron chi connectivity index (χ1n) is 5.22. The summed E-state index contributed by atoms with van der Waals surface area (Å²) in [7, 11) is 0. The average Bonchev–Trinajstić information content (AvgIpc) is 2.17. The molecule has 4 nitrogen and oxygen atoms in total. The van der Waals surface area contributed by atoms with E-state index in [-0.39, 0.29) is 12.4 Å². The van der Waals surface area contributed by atoms with E-state index in [0.29, 0.717) is 17.1 Å². The minimum absolute atomic E-state index is 0. The largest absolute Gasteiger partial charge is 0.350 e. The van der Waals surface area contributed by atoms with Gasteiger partial charge >= 0.3 is 0 Å². The Kier molecular flexibility index (Phi) is 5.25. The predicted molar refractivity (Wildman–Crippen MR) is 68.5 cm³/mol. The molecule has 1 aromatic heterocycles. The first-order valence-corrected chi connectivity index (χ1v) is 5.60. The second-order valence-corrected chi connectivity index (χ2v) is 4.23. The third kappa shape index (κ3) is 3.77. The summed E-state index contributed by atoms with van der Waals surface area (Å²) in [6, 6.07) is 2.17. The molecule has 0 bridgehead atoms. The second kappa shape index (κ2) is 6.23. The van der Waals surface area contributed by atoms with E-state index in [1.807, 2.05) is 6.92 Å². The first kappa shape index (κ1) is 13.5. The lowest BCUT2D eigenvalue weighted by molar-refractivity contribution is 0.478. The molecule has 0 unspecified atom stereocenters. The van der Waals surface area contributed by atoms with Gasteiger partial charge in [0.15, 0.2) is 0 Å². The van der Waals surface area contributed by atoms with Crippen LogP contribution in [0.15, 0.2) is 6.07 Å². The highest BCUT2D eigenvalue weighted by Crippen LogP contribution is 2.12. The molecule has 0 saturated carbocycles. The van der Waals surface area contributed by atoms with E-state index in [0.717, 1.165) is 25.2 Å². The van der Waals surface area contributed by atoms with Crippen molar-refractivity contribution < 1.29 is 0 Å². The number of hydrogen-bond donors (Lipinski definition) is 2. The summed E-state index contributed by atoms with van der Waals surface area (Å²) >= 11 is 5.86. The predicted octanol–water partition coefficient (Wildman–Crippen LogP) is 2.02. The van der Waals surface area contributed by atoms with Crippen LogP contribution in [0.3, 0.4) is 0 Å². The van der Waals surface area contributed by atoms with Gasteiger partial charge in [-0.1, -0.05) is 11.6 Å². The second-order valence-electron chi connectivity index (χ2n) is 3.84. The van der Waals surface area contributed by atoms with Crippen molar-refractivity contribution in [3.8, 4) is 0 Å². The van der Waals surface area contributed by atoms with Gasteiger partial charge in [0.05, 0.1) is 0 Å². The monoisotopic (exact) mass is 262 g/mol. The summed E-state index contributed by atoms with van der Waals surface area (Å²) in [5.74, 6) is 0.633. The van der Waals surface area contributed by atoms with Crippen LogP contribution >= 0.6 is 24.0 Å². The van der Waals surface area contributed by atoms with Gasteiger partial charge in [-0.15, -0.1) is 12.4 Å². The Morgan fingerprint density at radius 1 is 1.50 bits per heavy atom. The molecule has 0 radical (unpaired) electrons. The highest BCUT2D eigenvalue weighted by molar-refractivity contribution is 6.29. The first-order chi connectivity index (χ1) is 7.24. The lowest BCUT2D eigenvalue weighted by atomic mass is 10.1. The van der Waals surface area contributed by atoms with Gasteiger partial charge in [-0.25, -0.2) is 9.97 Å². The summed E-state index contributed by atoms with van der Waals surface area (Å²) in [6.45, 7) is 3.99. The summed E-state index contributed by atoms with van der Waals surface area (Å²) < 4.78 is 0. The molecule has 6 heteroatoms. The Balaban J connectivity index is 0.00000128. The van der Waals surface area contributed by atoms with Crippen molar-refractivity contribution in [2.75, 3.05) is 18.4 Å². The van der Waals surface area contributed by atoms with Crippen molar-refractivity contribution in [1.29, 1.82) is 0 Å². The highest BCUT2D eigenvalue weighted by Gasteiger charge is 2.13. The van der Waals surface area contributed by atoms with Gasteiger partial charge < -0.3 is 10.6 Å². The zero-order valence-electron chi connectivity index (χ0n) is 9.16. The SMILES string of the molecule is Cc1cc(Cl)nc(N[C@H]2CCCNC2)n1.Cl. The number of piperidine rings is 1. The van der Waals surface area contributed by atoms with Crippen LogP contribution in [-0.4, -0.2) is 29.1 Å². The molecule has 1 aromatic rings. The fourth-order valence-electron chi connectivity index (χ4n) is 1.75. The zero-order chi connectivity index (χ0) is 10.7. The van der Waals surface area contributed by atoms with E-state index < -0.39 is 0 Å². The molecule has 0 amide bonds. The quantitative estimate of drug-likeness (QED) is 0.801. The Bertz CT molecular complexity index is 319. The van der Waals surface area contributed by atoms with Crippen LogP contribution in [0, 0.1) is 6.92 Å². The Morgan fingerprint density at radius 2 is 2.31 bits per heavy atom. The van der Waals surface area contributed by atoms with Crippen molar-refractivity contribution in [2.24, 2.45) is 0 Å². The molecular weight excluding hydrogens is 247 g/mol. The van der Waals surface area contributed by atoms with Crippen LogP contribution in [-0.2, 0) is 0 Å². The van der Waals surface area contributed by atoms with Crippen LogP contribution in [0.25, 0.3) is 0 Å². The fraction of sp³-hybridized carbons (Fsp3) is 0.600. The molecule has 0 spiro atoms. The average molecular weight is 263 g/mol. The Morgan fingerprint density at radius 3 is 2.94 bits per heavy atom. The van der Waals surface area contributed by atoms with Gasteiger partial charge in [0.2, 0.25) is 5.95 Å². The van der Waals surface area contributed by atoms with Crippen LogP contribution in [0.4, 0.5) is 5.95 Å². The Hall–Kier alpha value is -0.580. The van der Waals surface area contributed by atoms with E-state index in [4.69, 9.17) is 11.6 Å². The fourth-order valence-corrected chi connectivity index (χ4v) is 1.99. The minimum atomic E-state index is 0. The molecule has 2 heterocycles. The van der Waals surface area contributed by atoms with Crippen LogP contribution in [0.2, 0.25) is 5.15 Å². The molecule has 2 N–H and O–H groups in total. The van der Waals surface area contributed by atoms with Crippen LogP contribution in [0.5, 0.6) is 0 Å². The molecule has 0 aromatic carbocycles. The van der Waals surface area contributed by atoms with Crippen molar-refractivity contribution in [3.63, 3.8) is 0 Å². The van der Waals surface area contributed by atoms with Crippen molar-refractivity contribution >= 4 is 30.0 Å². The van der Waals surface area contributed by atoms with E-state index in [1.165, 1.54) is 6.42 Å². The summed E-state index contributed by atoms with van der Waals surface area (Å²) in [5, 5.41) is 7.12. The van der Waals surface area contributed by atoms with Gasteiger partial charge in [-0.3, -0.25) is 0 Å². The maximum absolute atomic E-state index is 5.86. The van der Waals surface area contributed by atoms with E-state index in [1.54, 1.807) is 6.07 Å². The minimum Gasteiger partial charge on any atom is -0.350 e. The van der Waals surface area contributed by atoms with Crippen LogP contribution in [0.1, 0.15) is 18.5 Å². The van der Waals surface area contributed by atoms with Gasteiger partial charge in [-0.05, 0) is 32.4 Å². The van der Waals surface area contributed by atoms with Crippen molar-refractivity contribution in [3.05, 3.63) is 16.9 Å².